The molecular weight excluding hydrogens is 442 g/mol. The highest BCUT2D eigenvalue weighted by molar-refractivity contribution is 7.15. The molecule has 3 heterocycles. The third-order valence-corrected chi connectivity index (χ3v) is 7.33. The fraction of sp³-hybridized carbons (Fsp3) is 0.696. The fourth-order valence-electron chi connectivity index (χ4n) is 4.65. The number of aliphatic hydroxyl groups is 1. The van der Waals surface area contributed by atoms with Gasteiger partial charge in [-0.05, 0) is 54.4 Å². The van der Waals surface area contributed by atoms with Crippen molar-refractivity contribution in [3.05, 3.63) is 16.3 Å². The Morgan fingerprint density at radius 1 is 1.18 bits per heavy atom. The van der Waals surface area contributed by atoms with Crippen molar-refractivity contribution in [1.29, 1.82) is 0 Å². The van der Waals surface area contributed by atoms with Gasteiger partial charge in [0.1, 0.15) is 16.9 Å². The van der Waals surface area contributed by atoms with Crippen LogP contribution in [0.3, 0.4) is 0 Å². The SMILES string of the molecule is CCOCCNc1nc(C)c(-c2nc(C)c(C)s2)c(NC23CCC(CO)C2OC(C)(C)O3)n1. The van der Waals surface area contributed by atoms with Crippen LogP contribution in [0.25, 0.3) is 10.6 Å². The van der Waals surface area contributed by atoms with Gasteiger partial charge in [-0.25, -0.2) is 9.97 Å². The Hall–Kier alpha value is -1.85. The Kier molecular flexibility index (Phi) is 6.93. The summed E-state index contributed by atoms with van der Waals surface area (Å²) in [6.07, 6.45) is 1.23. The molecule has 0 spiro atoms. The molecule has 9 nitrogen and oxygen atoms in total. The van der Waals surface area contributed by atoms with Crippen LogP contribution in [0.4, 0.5) is 11.8 Å². The molecule has 182 valence electrons. The monoisotopic (exact) mass is 477 g/mol. The van der Waals surface area contributed by atoms with E-state index in [1.54, 1.807) is 11.3 Å². The fourth-order valence-corrected chi connectivity index (χ4v) is 5.66. The zero-order valence-corrected chi connectivity index (χ0v) is 21.1. The average Bonchev–Trinajstić information content (AvgIpc) is 3.32. The molecule has 2 aromatic rings. The van der Waals surface area contributed by atoms with Crippen LogP contribution in [0.2, 0.25) is 0 Å². The van der Waals surface area contributed by atoms with Crippen LogP contribution in [-0.4, -0.2) is 64.0 Å². The molecule has 2 fully saturated rings. The molecule has 0 amide bonds. The number of hydrogen-bond donors (Lipinski definition) is 3. The first kappa shape index (κ1) is 24.3. The van der Waals surface area contributed by atoms with Gasteiger partial charge < -0.3 is 30.0 Å². The van der Waals surface area contributed by atoms with Gasteiger partial charge in [-0.15, -0.1) is 11.3 Å². The summed E-state index contributed by atoms with van der Waals surface area (Å²) in [6.45, 7) is 13.7. The summed E-state index contributed by atoms with van der Waals surface area (Å²) in [5.74, 6) is 0.408. The van der Waals surface area contributed by atoms with Gasteiger partial charge in [-0.2, -0.15) is 4.98 Å². The molecule has 2 aliphatic rings. The van der Waals surface area contributed by atoms with E-state index in [2.05, 4.69) is 17.6 Å². The Morgan fingerprint density at radius 2 is 1.97 bits per heavy atom. The van der Waals surface area contributed by atoms with Gasteiger partial charge in [-0.1, -0.05) is 0 Å². The van der Waals surface area contributed by atoms with Gasteiger partial charge in [0.05, 0.1) is 23.6 Å². The van der Waals surface area contributed by atoms with Gasteiger partial charge in [-0.3, -0.25) is 0 Å². The van der Waals surface area contributed by atoms with Crippen LogP contribution in [0.1, 0.15) is 49.9 Å². The molecule has 0 bridgehead atoms. The lowest BCUT2D eigenvalue weighted by molar-refractivity contribution is -0.168. The number of nitrogens with one attached hydrogen (secondary N) is 2. The summed E-state index contributed by atoms with van der Waals surface area (Å²) in [4.78, 5) is 15.5. The lowest BCUT2D eigenvalue weighted by Crippen LogP contribution is -2.46. The van der Waals surface area contributed by atoms with Gasteiger partial charge in [0, 0.05) is 30.6 Å². The number of hydrogen-bond acceptors (Lipinski definition) is 10. The van der Waals surface area contributed by atoms with Crippen molar-refractivity contribution >= 4 is 23.1 Å². The molecule has 4 rings (SSSR count). The van der Waals surface area contributed by atoms with Gasteiger partial charge in [0.2, 0.25) is 5.95 Å². The van der Waals surface area contributed by atoms with Crippen molar-refractivity contribution < 1.29 is 19.3 Å². The van der Waals surface area contributed by atoms with Crippen LogP contribution in [0, 0.1) is 26.7 Å². The highest BCUT2D eigenvalue weighted by atomic mass is 32.1. The number of aryl methyl sites for hydroxylation is 3. The zero-order chi connectivity index (χ0) is 23.8. The maximum atomic E-state index is 9.94. The Bertz CT molecular complexity index is 978. The molecular formula is C23H35N5O4S. The number of anilines is 2. The standard InChI is InChI=1S/C23H35N5O4S/c1-7-30-11-10-24-21-26-14(3)17(20-25-13(2)15(4)33-20)19(27-21)28-23-9-8-16(12-29)18(23)31-22(5,6)32-23/h16,18,29H,7-12H2,1-6H3,(H2,24,26,27,28). The van der Waals surface area contributed by atoms with Crippen molar-refractivity contribution in [2.24, 2.45) is 5.92 Å². The Balaban J connectivity index is 1.73. The number of nitrogens with zero attached hydrogens (tertiary/aromatic N) is 3. The molecule has 3 N–H and O–H groups in total. The van der Waals surface area contributed by atoms with Crippen molar-refractivity contribution in [1.82, 2.24) is 15.0 Å². The Labute approximate surface area is 199 Å². The molecule has 2 aromatic heterocycles. The number of ether oxygens (including phenoxy) is 3. The predicted molar refractivity (Wildman–Crippen MR) is 129 cm³/mol. The first-order valence-corrected chi connectivity index (χ1v) is 12.4. The number of aliphatic hydroxyl groups excluding tert-OH is 1. The molecule has 1 saturated heterocycles. The van der Waals surface area contributed by atoms with Crippen LogP contribution in [0.5, 0.6) is 0 Å². The average molecular weight is 478 g/mol. The predicted octanol–water partition coefficient (Wildman–Crippen LogP) is 3.64. The van der Waals surface area contributed by atoms with E-state index >= 15 is 0 Å². The second kappa shape index (κ2) is 9.42. The molecule has 3 unspecified atom stereocenters. The minimum atomic E-state index is -0.781. The van der Waals surface area contributed by atoms with Crippen LogP contribution >= 0.6 is 11.3 Å². The minimum Gasteiger partial charge on any atom is -0.396 e. The van der Waals surface area contributed by atoms with Crippen LogP contribution < -0.4 is 10.6 Å². The van der Waals surface area contributed by atoms with E-state index in [0.29, 0.717) is 37.9 Å². The summed E-state index contributed by atoms with van der Waals surface area (Å²) in [7, 11) is 0. The number of fused-ring (bicyclic) bond motifs is 1. The van der Waals surface area contributed by atoms with Crippen molar-refractivity contribution in [2.75, 3.05) is 37.0 Å². The maximum absolute atomic E-state index is 9.94. The molecule has 1 saturated carbocycles. The normalized spacial score (nSPS) is 25.9. The molecule has 1 aliphatic carbocycles. The minimum absolute atomic E-state index is 0.00111. The zero-order valence-electron chi connectivity index (χ0n) is 20.3. The van der Waals surface area contributed by atoms with E-state index in [-0.39, 0.29) is 18.6 Å². The van der Waals surface area contributed by atoms with Gasteiger partial charge in [0.15, 0.2) is 11.5 Å². The van der Waals surface area contributed by atoms with E-state index in [4.69, 9.17) is 29.2 Å². The smallest absolute Gasteiger partial charge is 0.224 e. The third kappa shape index (κ3) is 4.85. The van der Waals surface area contributed by atoms with E-state index in [9.17, 15) is 5.11 Å². The second-order valence-electron chi connectivity index (χ2n) is 9.18. The van der Waals surface area contributed by atoms with E-state index in [1.165, 1.54) is 0 Å². The second-order valence-corrected chi connectivity index (χ2v) is 10.4. The highest BCUT2D eigenvalue weighted by Crippen LogP contribution is 2.50. The molecule has 10 heteroatoms. The first-order valence-electron chi connectivity index (χ1n) is 11.6. The van der Waals surface area contributed by atoms with Gasteiger partial charge >= 0.3 is 0 Å². The molecule has 0 aromatic carbocycles. The molecule has 0 radical (unpaired) electrons. The molecule has 1 aliphatic heterocycles. The van der Waals surface area contributed by atoms with Crippen molar-refractivity contribution in [2.45, 2.75) is 72.0 Å². The highest BCUT2D eigenvalue weighted by Gasteiger charge is 2.60. The summed E-state index contributed by atoms with van der Waals surface area (Å²) in [5.41, 5.74) is 1.90. The number of aromatic nitrogens is 3. The summed E-state index contributed by atoms with van der Waals surface area (Å²) in [5, 5.41) is 17.7. The third-order valence-electron chi connectivity index (χ3n) is 6.24. The van der Waals surface area contributed by atoms with Crippen molar-refractivity contribution in [3.8, 4) is 10.6 Å². The van der Waals surface area contributed by atoms with E-state index in [0.717, 1.165) is 33.3 Å². The molecule has 3 atom stereocenters. The maximum Gasteiger partial charge on any atom is 0.224 e. The summed E-state index contributed by atoms with van der Waals surface area (Å²) < 4.78 is 18.1. The number of rotatable bonds is 9. The first-order chi connectivity index (χ1) is 15.7. The van der Waals surface area contributed by atoms with Crippen LogP contribution in [0.15, 0.2) is 0 Å². The van der Waals surface area contributed by atoms with Crippen LogP contribution in [-0.2, 0) is 14.2 Å². The summed E-state index contributed by atoms with van der Waals surface area (Å²) >= 11 is 1.63. The largest absolute Gasteiger partial charge is 0.396 e. The summed E-state index contributed by atoms with van der Waals surface area (Å²) in [6, 6.07) is 0. The topological polar surface area (TPSA) is 111 Å². The lowest BCUT2D eigenvalue weighted by Gasteiger charge is -2.31. The van der Waals surface area contributed by atoms with Crippen molar-refractivity contribution in [3.63, 3.8) is 0 Å². The number of thiazole rings is 1. The van der Waals surface area contributed by atoms with E-state index in [1.807, 2.05) is 34.6 Å². The Morgan fingerprint density at radius 3 is 2.64 bits per heavy atom. The van der Waals surface area contributed by atoms with E-state index < -0.39 is 11.5 Å². The molecule has 33 heavy (non-hydrogen) atoms. The van der Waals surface area contributed by atoms with Gasteiger partial charge in [0.25, 0.3) is 0 Å². The quantitative estimate of drug-likeness (QED) is 0.466. The lowest BCUT2D eigenvalue weighted by atomic mass is 10.0.